The molecule has 0 aromatic carbocycles. The Hall–Kier alpha value is -1.64. The molecule has 0 radical (unpaired) electrons. The van der Waals surface area contributed by atoms with Crippen molar-refractivity contribution in [2.75, 3.05) is 31.2 Å². The zero-order valence-electron chi connectivity index (χ0n) is 15.1. The van der Waals surface area contributed by atoms with Crippen molar-refractivity contribution in [1.82, 2.24) is 5.32 Å². The number of carbonyl (C=O) groups is 2. The maximum atomic E-state index is 13.6. The molecule has 0 fully saturated rings. The third-order valence-electron chi connectivity index (χ3n) is 3.91. The number of nitrogens with one attached hydrogen (secondary N) is 1. The second-order valence-electron chi connectivity index (χ2n) is 5.98. The lowest BCUT2D eigenvalue weighted by Gasteiger charge is -2.33. The van der Waals surface area contributed by atoms with E-state index in [2.05, 4.69) is 31.6 Å². The number of hydrogen-bond acceptors (Lipinski definition) is 4. The van der Waals surface area contributed by atoms with Gasteiger partial charge in [-0.25, -0.2) is 0 Å². The van der Waals surface area contributed by atoms with Crippen molar-refractivity contribution in [2.24, 2.45) is 0 Å². The van der Waals surface area contributed by atoms with Gasteiger partial charge in [0.15, 0.2) is 0 Å². The number of allylic oxidation sites excluding steroid dienone is 4. The summed E-state index contributed by atoms with van der Waals surface area (Å²) in [6, 6.07) is 0. The standard InChI is InChI=1S/C18H29NO5P2/c1-5-11-25(23,12-6-2)18(26(24,13-7-3)14-8-4)10-9-16(20)19-15-17(21)22/h5-8,18H,1-4,9-15H2,(H,19,20)(H,21,22). The molecular formula is C18H29NO5P2. The summed E-state index contributed by atoms with van der Waals surface area (Å²) in [4.78, 5) is 22.5. The van der Waals surface area contributed by atoms with Crippen LogP contribution in [0.25, 0.3) is 0 Å². The van der Waals surface area contributed by atoms with E-state index in [1.54, 1.807) is 0 Å². The van der Waals surface area contributed by atoms with E-state index in [-0.39, 0.29) is 37.5 Å². The molecular weight excluding hydrogens is 372 g/mol. The molecule has 0 aliphatic heterocycles. The molecule has 0 spiro atoms. The molecule has 0 saturated heterocycles. The van der Waals surface area contributed by atoms with E-state index in [1.807, 2.05) is 0 Å². The van der Waals surface area contributed by atoms with Gasteiger partial charge in [-0.3, -0.25) is 9.59 Å². The normalized spacial score (nSPS) is 11.6. The highest BCUT2D eigenvalue weighted by molar-refractivity contribution is 7.82. The molecule has 0 heterocycles. The minimum atomic E-state index is -3.00. The van der Waals surface area contributed by atoms with E-state index in [9.17, 15) is 18.7 Å². The van der Waals surface area contributed by atoms with E-state index in [0.29, 0.717) is 0 Å². The maximum Gasteiger partial charge on any atom is 0.322 e. The summed E-state index contributed by atoms with van der Waals surface area (Å²) in [7, 11) is -5.99. The van der Waals surface area contributed by atoms with Crippen molar-refractivity contribution in [3.8, 4) is 0 Å². The van der Waals surface area contributed by atoms with Crippen molar-refractivity contribution < 1.29 is 23.8 Å². The molecule has 0 aromatic rings. The highest BCUT2D eigenvalue weighted by Crippen LogP contribution is 2.69. The molecule has 0 aromatic heterocycles. The predicted molar refractivity (Wildman–Crippen MR) is 109 cm³/mol. The number of carboxylic acid groups (broad SMARTS) is 1. The molecule has 0 aliphatic carbocycles. The van der Waals surface area contributed by atoms with Crippen LogP contribution in [0.15, 0.2) is 50.6 Å². The van der Waals surface area contributed by atoms with Crippen molar-refractivity contribution in [1.29, 1.82) is 0 Å². The van der Waals surface area contributed by atoms with Gasteiger partial charge in [-0.1, -0.05) is 24.3 Å². The Morgan fingerprint density at radius 2 is 1.27 bits per heavy atom. The molecule has 8 heteroatoms. The molecule has 0 aliphatic rings. The topological polar surface area (TPSA) is 101 Å². The van der Waals surface area contributed by atoms with Gasteiger partial charge in [0.25, 0.3) is 0 Å². The number of hydrogen-bond donors (Lipinski definition) is 2. The second kappa shape index (κ2) is 11.9. The minimum absolute atomic E-state index is 0.0610. The summed E-state index contributed by atoms with van der Waals surface area (Å²) < 4.78 is 27.2. The average molecular weight is 401 g/mol. The Bertz CT molecular complexity index is 575. The summed E-state index contributed by atoms with van der Waals surface area (Å²) in [6.07, 6.45) is 6.98. The average Bonchev–Trinajstić information content (AvgIpc) is 2.53. The van der Waals surface area contributed by atoms with E-state index in [1.165, 1.54) is 24.3 Å². The van der Waals surface area contributed by atoms with Gasteiger partial charge >= 0.3 is 5.97 Å². The third kappa shape index (κ3) is 7.72. The van der Waals surface area contributed by atoms with Crippen LogP contribution in [0.3, 0.4) is 0 Å². The SMILES string of the molecule is C=CCP(=O)(CC=C)C(CCC(=O)NCC(=O)O)P(=O)(CC=C)CC=C. The van der Waals surface area contributed by atoms with Gasteiger partial charge in [-0.15, -0.1) is 26.3 Å². The summed E-state index contributed by atoms with van der Waals surface area (Å²) >= 11 is 0. The van der Waals surface area contributed by atoms with Crippen LogP contribution in [0.4, 0.5) is 0 Å². The van der Waals surface area contributed by atoms with Gasteiger partial charge in [0.05, 0.1) is 5.40 Å². The number of carbonyl (C=O) groups excluding carboxylic acids is 1. The van der Waals surface area contributed by atoms with Gasteiger partial charge < -0.3 is 19.6 Å². The number of amides is 1. The van der Waals surface area contributed by atoms with Gasteiger partial charge in [0, 0.05) is 31.1 Å². The molecule has 26 heavy (non-hydrogen) atoms. The first-order chi connectivity index (χ1) is 12.2. The lowest BCUT2D eigenvalue weighted by molar-refractivity contribution is -0.137. The van der Waals surface area contributed by atoms with Crippen LogP contribution in [0.2, 0.25) is 0 Å². The second-order valence-corrected chi connectivity index (χ2v) is 12.9. The van der Waals surface area contributed by atoms with Crippen LogP contribution in [0.5, 0.6) is 0 Å². The van der Waals surface area contributed by atoms with E-state index >= 15 is 0 Å². The molecule has 146 valence electrons. The van der Waals surface area contributed by atoms with Gasteiger partial charge in [0.1, 0.15) is 20.8 Å². The van der Waals surface area contributed by atoms with Crippen LogP contribution in [-0.2, 0) is 18.7 Å². The monoisotopic (exact) mass is 401 g/mol. The molecule has 1 amide bonds. The first-order valence-electron chi connectivity index (χ1n) is 8.26. The third-order valence-corrected chi connectivity index (χ3v) is 12.6. The van der Waals surface area contributed by atoms with Crippen molar-refractivity contribution in [2.45, 2.75) is 18.2 Å². The number of aliphatic carboxylic acids is 1. The maximum absolute atomic E-state index is 13.6. The minimum Gasteiger partial charge on any atom is -0.480 e. The fraction of sp³-hybridized carbons (Fsp3) is 0.444. The number of rotatable bonds is 15. The van der Waals surface area contributed by atoms with Crippen molar-refractivity contribution in [3.05, 3.63) is 50.6 Å². The van der Waals surface area contributed by atoms with E-state index < -0.39 is 38.1 Å². The Morgan fingerprint density at radius 1 is 0.885 bits per heavy atom. The Morgan fingerprint density at radius 3 is 1.58 bits per heavy atom. The van der Waals surface area contributed by atoms with Gasteiger partial charge in [-0.2, -0.15) is 0 Å². The molecule has 0 rings (SSSR count). The highest BCUT2D eigenvalue weighted by Gasteiger charge is 2.42. The highest BCUT2D eigenvalue weighted by atomic mass is 31.2. The summed E-state index contributed by atoms with van der Waals surface area (Å²) in [5.74, 6) is -1.63. The Kier molecular flexibility index (Phi) is 11.1. The number of carboxylic acids is 1. The largest absolute Gasteiger partial charge is 0.480 e. The Balaban J connectivity index is 5.70. The molecule has 0 bridgehead atoms. The van der Waals surface area contributed by atoms with Crippen LogP contribution in [-0.4, -0.2) is 53.6 Å². The summed E-state index contributed by atoms with van der Waals surface area (Å²) in [5.41, 5.74) is 0. The van der Waals surface area contributed by atoms with E-state index in [4.69, 9.17) is 5.11 Å². The lowest BCUT2D eigenvalue weighted by Crippen LogP contribution is -2.30. The van der Waals surface area contributed by atoms with Crippen LogP contribution >= 0.6 is 14.3 Å². The van der Waals surface area contributed by atoms with Gasteiger partial charge in [-0.05, 0) is 6.42 Å². The van der Waals surface area contributed by atoms with Crippen LogP contribution in [0.1, 0.15) is 12.8 Å². The summed E-state index contributed by atoms with van der Waals surface area (Å²) in [6.45, 7) is 14.1. The quantitative estimate of drug-likeness (QED) is 0.321. The van der Waals surface area contributed by atoms with Crippen molar-refractivity contribution in [3.63, 3.8) is 0 Å². The Labute approximate surface area is 155 Å². The summed E-state index contributed by atoms with van der Waals surface area (Å²) in [5, 5.41) is 10.2. The van der Waals surface area contributed by atoms with E-state index in [0.717, 1.165) is 0 Å². The molecule has 2 N–H and O–H groups in total. The molecule has 0 saturated carbocycles. The van der Waals surface area contributed by atoms with Crippen LogP contribution in [0, 0.1) is 0 Å². The van der Waals surface area contributed by atoms with Crippen LogP contribution < -0.4 is 5.32 Å². The fourth-order valence-corrected chi connectivity index (χ4v) is 11.3. The first-order valence-corrected chi connectivity index (χ1v) is 12.6. The zero-order valence-corrected chi connectivity index (χ0v) is 16.9. The molecule has 6 nitrogen and oxygen atoms in total. The smallest absolute Gasteiger partial charge is 0.322 e. The molecule has 0 unspecified atom stereocenters. The fourth-order valence-electron chi connectivity index (χ4n) is 2.89. The zero-order chi connectivity index (χ0) is 20.2. The van der Waals surface area contributed by atoms with Crippen molar-refractivity contribution >= 4 is 26.2 Å². The molecule has 0 atom stereocenters. The van der Waals surface area contributed by atoms with Gasteiger partial charge in [0.2, 0.25) is 5.91 Å². The first kappa shape index (κ1) is 24.4. The lowest BCUT2D eigenvalue weighted by atomic mass is 10.3. The predicted octanol–water partition coefficient (Wildman–Crippen LogP) is 3.76.